The van der Waals surface area contributed by atoms with Crippen molar-refractivity contribution >= 4 is 5.78 Å². The first kappa shape index (κ1) is 14.9. The highest BCUT2D eigenvalue weighted by molar-refractivity contribution is 5.85. The lowest BCUT2D eigenvalue weighted by atomic mass is 9.90. The first-order chi connectivity index (χ1) is 8.49. The highest BCUT2D eigenvalue weighted by Crippen LogP contribution is 2.17. The standard InChI is InChI=1S/C16H24O2/c1-5-13(6-2)16(18)15(17)10-14-9-11(3)7-8-12(14)4/h7-9,13,16,18H,5-6,10H2,1-4H3. The van der Waals surface area contributed by atoms with E-state index >= 15 is 0 Å². The number of aliphatic hydroxyl groups is 1. The van der Waals surface area contributed by atoms with Gasteiger partial charge in [0.25, 0.3) is 0 Å². The summed E-state index contributed by atoms with van der Waals surface area (Å²) in [5, 5.41) is 10.0. The lowest BCUT2D eigenvalue weighted by Crippen LogP contribution is -2.30. The molecule has 0 saturated carbocycles. The van der Waals surface area contributed by atoms with E-state index in [9.17, 15) is 9.90 Å². The molecule has 0 aliphatic rings. The van der Waals surface area contributed by atoms with E-state index in [0.29, 0.717) is 6.42 Å². The molecule has 18 heavy (non-hydrogen) atoms. The molecule has 2 heteroatoms. The van der Waals surface area contributed by atoms with Gasteiger partial charge in [0.2, 0.25) is 0 Å². The maximum atomic E-state index is 12.1. The molecule has 0 spiro atoms. The van der Waals surface area contributed by atoms with Gasteiger partial charge in [-0.15, -0.1) is 0 Å². The number of carbonyl (C=O) groups excluding carboxylic acids is 1. The van der Waals surface area contributed by atoms with Crippen molar-refractivity contribution in [2.75, 3.05) is 0 Å². The largest absolute Gasteiger partial charge is 0.385 e. The summed E-state index contributed by atoms with van der Waals surface area (Å²) in [5.74, 6) is 0.0278. The Hall–Kier alpha value is -1.15. The number of carbonyl (C=O) groups is 1. The van der Waals surface area contributed by atoms with Crippen LogP contribution < -0.4 is 0 Å². The first-order valence-electron chi connectivity index (χ1n) is 6.76. The minimum absolute atomic E-state index is 0.0580. The fourth-order valence-corrected chi connectivity index (χ4v) is 2.28. The van der Waals surface area contributed by atoms with Gasteiger partial charge in [0, 0.05) is 6.42 Å². The van der Waals surface area contributed by atoms with Crippen molar-refractivity contribution in [1.82, 2.24) is 0 Å². The van der Waals surface area contributed by atoms with Crippen LogP contribution in [0.2, 0.25) is 0 Å². The van der Waals surface area contributed by atoms with Gasteiger partial charge >= 0.3 is 0 Å². The minimum atomic E-state index is -0.820. The van der Waals surface area contributed by atoms with Crippen LogP contribution in [0.1, 0.15) is 43.4 Å². The molecule has 0 bridgehead atoms. The van der Waals surface area contributed by atoms with Gasteiger partial charge < -0.3 is 5.11 Å². The van der Waals surface area contributed by atoms with Gasteiger partial charge in [-0.1, -0.05) is 50.5 Å². The number of hydrogen-bond acceptors (Lipinski definition) is 2. The molecule has 1 aromatic rings. The molecule has 2 nitrogen and oxygen atoms in total. The van der Waals surface area contributed by atoms with E-state index < -0.39 is 6.10 Å². The Morgan fingerprint density at radius 2 is 1.83 bits per heavy atom. The first-order valence-corrected chi connectivity index (χ1v) is 6.76. The Labute approximate surface area is 110 Å². The molecule has 0 saturated heterocycles. The molecule has 0 heterocycles. The van der Waals surface area contributed by atoms with Crippen molar-refractivity contribution in [2.24, 2.45) is 5.92 Å². The van der Waals surface area contributed by atoms with Crippen molar-refractivity contribution < 1.29 is 9.90 Å². The van der Waals surface area contributed by atoms with E-state index in [-0.39, 0.29) is 11.7 Å². The summed E-state index contributed by atoms with van der Waals surface area (Å²) in [4.78, 5) is 12.1. The number of Topliss-reactive ketones (excluding diaryl/α,β-unsaturated/α-hetero) is 1. The highest BCUT2D eigenvalue weighted by Gasteiger charge is 2.23. The van der Waals surface area contributed by atoms with Crippen LogP contribution >= 0.6 is 0 Å². The Morgan fingerprint density at radius 1 is 1.22 bits per heavy atom. The van der Waals surface area contributed by atoms with E-state index in [4.69, 9.17) is 0 Å². The Kier molecular flexibility index (Phi) is 5.54. The Balaban J connectivity index is 2.78. The third kappa shape index (κ3) is 3.67. The lowest BCUT2D eigenvalue weighted by Gasteiger charge is -2.19. The average Bonchev–Trinajstić information content (AvgIpc) is 2.35. The molecule has 0 radical (unpaired) electrons. The van der Waals surface area contributed by atoms with Crippen LogP contribution in [0.3, 0.4) is 0 Å². The van der Waals surface area contributed by atoms with Gasteiger partial charge in [0.05, 0.1) is 0 Å². The van der Waals surface area contributed by atoms with Gasteiger partial charge in [-0.05, 0) is 30.9 Å². The average molecular weight is 248 g/mol. The van der Waals surface area contributed by atoms with E-state index in [1.807, 2.05) is 45.9 Å². The summed E-state index contributed by atoms with van der Waals surface area (Å²) < 4.78 is 0. The molecule has 0 aliphatic carbocycles. The van der Waals surface area contributed by atoms with Crippen molar-refractivity contribution in [2.45, 2.75) is 53.1 Å². The number of aliphatic hydroxyl groups excluding tert-OH is 1. The van der Waals surface area contributed by atoms with Gasteiger partial charge in [0.1, 0.15) is 6.10 Å². The van der Waals surface area contributed by atoms with Gasteiger partial charge in [-0.2, -0.15) is 0 Å². The molecular weight excluding hydrogens is 224 g/mol. The summed E-state index contributed by atoms with van der Waals surface area (Å²) >= 11 is 0. The number of benzene rings is 1. The molecule has 100 valence electrons. The van der Waals surface area contributed by atoms with E-state index in [1.54, 1.807) is 0 Å². The summed E-state index contributed by atoms with van der Waals surface area (Å²) in [6.45, 7) is 8.06. The molecular formula is C16H24O2. The van der Waals surface area contributed by atoms with Crippen molar-refractivity contribution in [3.63, 3.8) is 0 Å². The van der Waals surface area contributed by atoms with E-state index in [2.05, 4.69) is 0 Å². The second kappa shape index (κ2) is 6.69. The van der Waals surface area contributed by atoms with Crippen LogP contribution in [0.4, 0.5) is 0 Å². The number of rotatable bonds is 6. The van der Waals surface area contributed by atoms with Crippen LogP contribution in [0, 0.1) is 19.8 Å². The SMILES string of the molecule is CCC(CC)C(O)C(=O)Cc1cc(C)ccc1C. The predicted octanol–water partition coefficient (Wildman–Crippen LogP) is 3.21. The molecule has 0 aromatic heterocycles. The maximum absolute atomic E-state index is 12.1. The molecule has 1 atom stereocenters. The summed E-state index contributed by atoms with van der Waals surface area (Å²) in [7, 11) is 0. The summed E-state index contributed by atoms with van der Waals surface area (Å²) in [6.07, 6.45) is 1.21. The molecule has 0 fully saturated rings. The smallest absolute Gasteiger partial charge is 0.165 e. The summed E-state index contributed by atoms with van der Waals surface area (Å²) in [5.41, 5.74) is 3.30. The van der Waals surface area contributed by atoms with Gasteiger partial charge in [-0.25, -0.2) is 0 Å². The van der Waals surface area contributed by atoms with E-state index in [1.165, 1.54) is 0 Å². The molecule has 1 unspecified atom stereocenters. The Morgan fingerprint density at radius 3 is 2.39 bits per heavy atom. The highest BCUT2D eigenvalue weighted by atomic mass is 16.3. The normalized spacial score (nSPS) is 12.8. The van der Waals surface area contributed by atoms with Crippen LogP contribution in [0.25, 0.3) is 0 Å². The maximum Gasteiger partial charge on any atom is 0.165 e. The zero-order chi connectivity index (χ0) is 13.7. The van der Waals surface area contributed by atoms with Crippen LogP contribution in [-0.2, 0) is 11.2 Å². The molecule has 0 amide bonds. The fraction of sp³-hybridized carbons (Fsp3) is 0.562. The zero-order valence-electron chi connectivity index (χ0n) is 11.9. The molecule has 0 aliphatic heterocycles. The summed E-state index contributed by atoms with van der Waals surface area (Å²) in [6, 6.07) is 6.11. The van der Waals surface area contributed by atoms with Crippen molar-refractivity contribution in [3.8, 4) is 0 Å². The topological polar surface area (TPSA) is 37.3 Å². The van der Waals surface area contributed by atoms with Crippen LogP contribution in [0.15, 0.2) is 18.2 Å². The molecule has 1 aromatic carbocycles. The number of ketones is 1. The van der Waals surface area contributed by atoms with Crippen LogP contribution in [0.5, 0.6) is 0 Å². The van der Waals surface area contributed by atoms with Gasteiger partial charge in [0.15, 0.2) is 5.78 Å². The number of aryl methyl sites for hydroxylation is 2. The zero-order valence-corrected chi connectivity index (χ0v) is 11.9. The minimum Gasteiger partial charge on any atom is -0.385 e. The predicted molar refractivity (Wildman–Crippen MR) is 74.7 cm³/mol. The second-order valence-corrected chi connectivity index (χ2v) is 5.09. The van der Waals surface area contributed by atoms with Crippen molar-refractivity contribution in [1.29, 1.82) is 0 Å². The van der Waals surface area contributed by atoms with Crippen molar-refractivity contribution in [3.05, 3.63) is 34.9 Å². The quantitative estimate of drug-likeness (QED) is 0.839. The molecule has 1 N–H and O–H groups in total. The lowest BCUT2D eigenvalue weighted by molar-refractivity contribution is -0.129. The van der Waals surface area contributed by atoms with Crippen LogP contribution in [-0.4, -0.2) is 17.0 Å². The molecule has 1 rings (SSSR count). The third-order valence-corrected chi connectivity index (χ3v) is 3.69. The number of hydrogen-bond donors (Lipinski definition) is 1. The fourth-order valence-electron chi connectivity index (χ4n) is 2.28. The third-order valence-electron chi connectivity index (χ3n) is 3.69. The monoisotopic (exact) mass is 248 g/mol. The Bertz CT molecular complexity index is 406. The second-order valence-electron chi connectivity index (χ2n) is 5.09. The van der Waals surface area contributed by atoms with Gasteiger partial charge in [-0.3, -0.25) is 4.79 Å². The van der Waals surface area contributed by atoms with E-state index in [0.717, 1.165) is 29.5 Å².